The first-order valence-corrected chi connectivity index (χ1v) is 9.89. The molecule has 0 aromatic heterocycles. The van der Waals surface area contributed by atoms with Crippen LogP contribution >= 0.6 is 31.9 Å². The third-order valence-electron chi connectivity index (χ3n) is 3.72. The van der Waals surface area contributed by atoms with Crippen LogP contribution in [0.1, 0.15) is 11.1 Å². The minimum Gasteiger partial charge on any atom is -0.489 e. The third-order valence-corrected chi connectivity index (χ3v) is 4.74. The first-order valence-electron chi connectivity index (χ1n) is 8.30. The van der Waals surface area contributed by atoms with E-state index in [0.717, 1.165) is 31.5 Å². The average Bonchev–Trinajstić information content (AvgIpc) is 2.67. The fraction of sp³-hybridized carbons (Fsp3) is 0.0455. The Morgan fingerprint density at radius 2 is 1.67 bits per heavy atom. The molecule has 0 aliphatic heterocycles. The Bertz CT molecular complexity index is 935. The van der Waals surface area contributed by atoms with Crippen LogP contribution in [0, 0.1) is 0 Å². The van der Waals surface area contributed by atoms with Crippen molar-refractivity contribution in [1.29, 1.82) is 0 Å². The highest BCUT2D eigenvalue weighted by Gasteiger charge is 2.00. The molecule has 0 saturated heterocycles. The molecule has 1 N–H and O–H groups in total. The second-order valence-corrected chi connectivity index (χ2v) is 7.65. The maximum atomic E-state index is 12.0. The van der Waals surface area contributed by atoms with Crippen molar-refractivity contribution in [2.75, 3.05) is 5.32 Å². The molecule has 0 unspecified atom stereocenters. The number of ether oxygens (including phenoxy) is 1. The Labute approximate surface area is 175 Å². The van der Waals surface area contributed by atoms with Crippen molar-refractivity contribution >= 4 is 49.5 Å². The van der Waals surface area contributed by atoms with Gasteiger partial charge in [0.15, 0.2) is 0 Å². The SMILES string of the molecule is O=C(/C=C/c1ccc(OCc2ccc(Br)cc2)cc1)Nc1cccc(Br)c1. The lowest BCUT2D eigenvalue weighted by Crippen LogP contribution is -2.07. The summed E-state index contributed by atoms with van der Waals surface area (Å²) in [6.07, 6.45) is 3.28. The summed E-state index contributed by atoms with van der Waals surface area (Å²) in [7, 11) is 0. The Hall–Kier alpha value is -2.37. The first-order chi connectivity index (χ1) is 13.1. The van der Waals surface area contributed by atoms with Gasteiger partial charge >= 0.3 is 0 Å². The topological polar surface area (TPSA) is 38.3 Å². The van der Waals surface area contributed by atoms with Gasteiger partial charge in [-0.15, -0.1) is 0 Å². The van der Waals surface area contributed by atoms with Crippen molar-refractivity contribution in [1.82, 2.24) is 0 Å². The molecule has 0 heterocycles. The predicted molar refractivity (Wildman–Crippen MR) is 117 cm³/mol. The van der Waals surface area contributed by atoms with Crippen LogP contribution in [0.2, 0.25) is 0 Å². The van der Waals surface area contributed by atoms with E-state index in [1.807, 2.05) is 72.8 Å². The molecule has 0 bridgehead atoms. The predicted octanol–water partition coefficient (Wildman–Crippen LogP) is 6.44. The molecule has 0 aliphatic rings. The molecule has 27 heavy (non-hydrogen) atoms. The van der Waals surface area contributed by atoms with Crippen molar-refractivity contribution in [2.45, 2.75) is 6.61 Å². The molecular formula is C22H17Br2NO2. The van der Waals surface area contributed by atoms with Gasteiger partial charge in [0.25, 0.3) is 0 Å². The van der Waals surface area contributed by atoms with Crippen molar-refractivity contribution in [2.24, 2.45) is 0 Å². The summed E-state index contributed by atoms with van der Waals surface area (Å²) in [4.78, 5) is 12.0. The lowest BCUT2D eigenvalue weighted by atomic mass is 10.2. The van der Waals surface area contributed by atoms with Gasteiger partial charge in [-0.05, 0) is 59.7 Å². The van der Waals surface area contributed by atoms with E-state index in [2.05, 4.69) is 37.2 Å². The first kappa shape index (κ1) is 19.4. The zero-order valence-corrected chi connectivity index (χ0v) is 17.5. The molecule has 0 radical (unpaired) electrons. The summed E-state index contributed by atoms with van der Waals surface area (Å²) >= 11 is 6.80. The fourth-order valence-corrected chi connectivity index (χ4v) is 3.01. The number of rotatable bonds is 6. The number of anilines is 1. The summed E-state index contributed by atoms with van der Waals surface area (Å²) < 4.78 is 7.75. The maximum Gasteiger partial charge on any atom is 0.248 e. The zero-order chi connectivity index (χ0) is 19.1. The van der Waals surface area contributed by atoms with Gasteiger partial charge in [-0.2, -0.15) is 0 Å². The second-order valence-electron chi connectivity index (χ2n) is 5.82. The van der Waals surface area contributed by atoms with E-state index in [1.54, 1.807) is 6.08 Å². The number of benzene rings is 3. The number of carbonyl (C=O) groups excluding carboxylic acids is 1. The normalized spacial score (nSPS) is 10.7. The van der Waals surface area contributed by atoms with E-state index >= 15 is 0 Å². The van der Waals surface area contributed by atoms with Gasteiger partial charge in [-0.3, -0.25) is 4.79 Å². The molecular weight excluding hydrogens is 470 g/mol. The third kappa shape index (κ3) is 6.38. The molecule has 0 spiro atoms. The number of amides is 1. The maximum absolute atomic E-state index is 12.0. The van der Waals surface area contributed by atoms with Gasteiger partial charge in [-0.1, -0.05) is 62.2 Å². The lowest BCUT2D eigenvalue weighted by molar-refractivity contribution is -0.111. The standard InChI is InChI=1S/C22H17Br2NO2/c23-18-9-4-17(5-10-18)15-27-21-11-6-16(7-12-21)8-13-22(26)25-20-3-1-2-19(24)14-20/h1-14H,15H2,(H,25,26)/b13-8+. The second kappa shape index (κ2) is 9.53. The molecule has 136 valence electrons. The van der Waals surface area contributed by atoms with Gasteiger partial charge in [0.05, 0.1) is 0 Å². The molecule has 1 amide bonds. The number of hydrogen-bond donors (Lipinski definition) is 1. The highest BCUT2D eigenvalue weighted by atomic mass is 79.9. The van der Waals surface area contributed by atoms with E-state index < -0.39 is 0 Å². The van der Waals surface area contributed by atoms with E-state index in [0.29, 0.717) is 6.61 Å². The van der Waals surface area contributed by atoms with E-state index in [9.17, 15) is 4.79 Å². The number of hydrogen-bond acceptors (Lipinski definition) is 2. The molecule has 3 nitrogen and oxygen atoms in total. The van der Waals surface area contributed by atoms with Crippen LogP contribution in [0.3, 0.4) is 0 Å². The molecule has 3 rings (SSSR count). The molecule has 5 heteroatoms. The lowest BCUT2D eigenvalue weighted by Gasteiger charge is -2.06. The highest BCUT2D eigenvalue weighted by Crippen LogP contribution is 2.17. The van der Waals surface area contributed by atoms with Crippen LogP contribution in [-0.2, 0) is 11.4 Å². The average molecular weight is 487 g/mol. The van der Waals surface area contributed by atoms with Crippen LogP contribution in [-0.4, -0.2) is 5.91 Å². The monoisotopic (exact) mass is 485 g/mol. The molecule has 0 aliphatic carbocycles. The smallest absolute Gasteiger partial charge is 0.248 e. The van der Waals surface area contributed by atoms with E-state index in [4.69, 9.17) is 4.74 Å². The minimum absolute atomic E-state index is 0.177. The Kier molecular flexibility index (Phi) is 6.85. The summed E-state index contributed by atoms with van der Waals surface area (Å²) in [5.41, 5.74) is 2.78. The van der Waals surface area contributed by atoms with Gasteiger partial charge in [0, 0.05) is 20.7 Å². The van der Waals surface area contributed by atoms with Crippen LogP contribution in [0.25, 0.3) is 6.08 Å². The van der Waals surface area contributed by atoms with Gasteiger partial charge in [0.1, 0.15) is 12.4 Å². The van der Waals surface area contributed by atoms with Gasteiger partial charge < -0.3 is 10.1 Å². The fourth-order valence-electron chi connectivity index (χ4n) is 2.34. The molecule has 3 aromatic rings. The van der Waals surface area contributed by atoms with Crippen LogP contribution in [0.4, 0.5) is 5.69 Å². The van der Waals surface area contributed by atoms with Crippen molar-refractivity contribution < 1.29 is 9.53 Å². The van der Waals surface area contributed by atoms with Crippen LogP contribution < -0.4 is 10.1 Å². The van der Waals surface area contributed by atoms with Crippen LogP contribution in [0.5, 0.6) is 5.75 Å². The molecule has 0 fully saturated rings. The Morgan fingerprint density at radius 1 is 0.926 bits per heavy atom. The van der Waals surface area contributed by atoms with Crippen LogP contribution in [0.15, 0.2) is 87.8 Å². The minimum atomic E-state index is -0.177. The quantitative estimate of drug-likeness (QED) is 0.407. The van der Waals surface area contributed by atoms with E-state index in [1.165, 1.54) is 6.08 Å². The summed E-state index contributed by atoms with van der Waals surface area (Å²) in [5, 5.41) is 2.82. The molecule has 0 saturated carbocycles. The van der Waals surface area contributed by atoms with E-state index in [-0.39, 0.29) is 5.91 Å². The summed E-state index contributed by atoms with van der Waals surface area (Å²) in [6, 6.07) is 23.1. The molecule has 3 aromatic carbocycles. The zero-order valence-electron chi connectivity index (χ0n) is 14.4. The number of carbonyl (C=O) groups is 1. The summed E-state index contributed by atoms with van der Waals surface area (Å²) in [5.74, 6) is 0.609. The van der Waals surface area contributed by atoms with Crippen molar-refractivity contribution in [3.63, 3.8) is 0 Å². The van der Waals surface area contributed by atoms with Crippen molar-refractivity contribution in [3.8, 4) is 5.75 Å². The highest BCUT2D eigenvalue weighted by molar-refractivity contribution is 9.10. The molecule has 0 atom stereocenters. The largest absolute Gasteiger partial charge is 0.489 e. The Morgan fingerprint density at radius 3 is 2.37 bits per heavy atom. The van der Waals surface area contributed by atoms with Crippen molar-refractivity contribution in [3.05, 3.63) is 98.9 Å². The van der Waals surface area contributed by atoms with Gasteiger partial charge in [-0.25, -0.2) is 0 Å². The number of halogens is 2. The van der Waals surface area contributed by atoms with Gasteiger partial charge in [0.2, 0.25) is 5.91 Å². The summed E-state index contributed by atoms with van der Waals surface area (Å²) in [6.45, 7) is 0.511. The Balaban J connectivity index is 1.52. The number of nitrogens with one attached hydrogen (secondary N) is 1.